The van der Waals surface area contributed by atoms with Gasteiger partial charge in [-0.25, -0.2) is 0 Å². The molecule has 0 aliphatic carbocycles. The van der Waals surface area contributed by atoms with E-state index in [9.17, 15) is 4.79 Å². The molecule has 0 saturated heterocycles. The van der Waals surface area contributed by atoms with Crippen LogP contribution >= 0.6 is 171 Å². The number of rotatable bonds is 20. The van der Waals surface area contributed by atoms with Crippen molar-refractivity contribution >= 4 is 246 Å². The fraction of sp³-hybridized carbons (Fsp3) is 0.250. The van der Waals surface area contributed by atoms with Crippen molar-refractivity contribution in [2.45, 2.75) is 6.42 Å². The third-order valence-electron chi connectivity index (χ3n) is 3.94. The van der Waals surface area contributed by atoms with Gasteiger partial charge in [-0.15, -0.1) is 0 Å². The molecule has 0 spiro atoms. The van der Waals surface area contributed by atoms with E-state index in [1.807, 2.05) is 0 Å². The zero-order chi connectivity index (χ0) is 29.7. The van der Waals surface area contributed by atoms with E-state index < -0.39 is 0 Å². The van der Waals surface area contributed by atoms with Crippen LogP contribution in [0.5, 0.6) is 0 Å². The summed E-state index contributed by atoms with van der Waals surface area (Å²) in [5.41, 5.74) is 5.38. The lowest BCUT2D eigenvalue weighted by atomic mass is 10.0. The minimum absolute atomic E-state index is 0.00645. The van der Waals surface area contributed by atoms with Crippen LogP contribution in [0.15, 0.2) is 0 Å². The summed E-state index contributed by atoms with van der Waals surface area (Å²) in [7, 11) is 0. The standard InChI is InChI=1S/C20H15N3OS14/c21-2-4-22-3-1-9(24)23-5-7(26)10(28)12(30)14(32)16(34)18(36)20(38)19(37)17(35)15(33)13(31)11(29)8(27)6-25/h6,22H,1-5,21H2,(H,23,24). The molecule has 200 valence electrons. The summed E-state index contributed by atoms with van der Waals surface area (Å²) in [6.07, 6.45) is 0.245. The number of nitrogens with one attached hydrogen (secondary N) is 2. The summed E-state index contributed by atoms with van der Waals surface area (Å²) in [6.45, 7) is 1.57. The van der Waals surface area contributed by atoms with E-state index in [1.165, 1.54) is 5.37 Å². The normalized spacial score (nSPS) is 9.82. The molecular formula is C20H15N3OS14. The quantitative estimate of drug-likeness (QED) is 0.124. The highest BCUT2D eigenvalue weighted by atomic mass is 32.1. The number of hydrogen-bond acceptors (Lipinski definition) is 17. The molecule has 0 aliphatic heterocycles. The van der Waals surface area contributed by atoms with Crippen LogP contribution in [0.3, 0.4) is 0 Å². The first-order valence-electron chi connectivity index (χ1n) is 9.81. The second kappa shape index (κ2) is 19.7. The summed E-state index contributed by atoms with van der Waals surface area (Å²) in [6, 6.07) is 0. The van der Waals surface area contributed by atoms with Gasteiger partial charge in [0.2, 0.25) is 5.91 Å². The molecule has 18 heteroatoms. The molecule has 0 rings (SSSR count). The molecule has 0 saturated carbocycles. The highest BCUT2D eigenvalue weighted by Gasteiger charge is 2.27. The zero-order valence-electron chi connectivity index (χ0n) is 18.8. The van der Waals surface area contributed by atoms with Gasteiger partial charge in [0.1, 0.15) is 0 Å². The summed E-state index contributed by atoms with van der Waals surface area (Å²) >= 11 is 73.8. The number of amides is 1. The molecule has 4 N–H and O–H groups in total. The second-order valence-electron chi connectivity index (χ2n) is 6.59. The van der Waals surface area contributed by atoms with E-state index in [0.29, 0.717) is 19.6 Å². The first kappa shape index (κ1) is 38.6. The van der Waals surface area contributed by atoms with Crippen LogP contribution in [-0.4, -0.2) is 101 Å². The summed E-state index contributed by atoms with van der Waals surface area (Å²) < 4.78 is 0. The van der Waals surface area contributed by atoms with Gasteiger partial charge in [0.15, 0.2) is 0 Å². The van der Waals surface area contributed by atoms with Gasteiger partial charge in [0, 0.05) is 31.4 Å². The zero-order valence-corrected chi connectivity index (χ0v) is 30.2. The van der Waals surface area contributed by atoms with Crippen LogP contribution in [0.25, 0.3) is 0 Å². The van der Waals surface area contributed by atoms with Gasteiger partial charge >= 0.3 is 0 Å². The number of carbonyl (C=O) groups is 1. The Labute approximate surface area is 295 Å². The van der Waals surface area contributed by atoms with E-state index >= 15 is 0 Å². The van der Waals surface area contributed by atoms with Crippen molar-refractivity contribution in [3.05, 3.63) is 0 Å². The lowest BCUT2D eigenvalue weighted by Crippen LogP contribution is -2.41. The third kappa shape index (κ3) is 12.3. The van der Waals surface area contributed by atoms with Crippen LogP contribution in [0, 0.1) is 0 Å². The van der Waals surface area contributed by atoms with Crippen molar-refractivity contribution in [3.8, 4) is 0 Å². The Morgan fingerprint density at radius 3 is 1.32 bits per heavy atom. The van der Waals surface area contributed by atoms with Crippen molar-refractivity contribution in [3.63, 3.8) is 0 Å². The van der Waals surface area contributed by atoms with Crippen LogP contribution < -0.4 is 16.4 Å². The molecule has 0 fully saturated rings. The van der Waals surface area contributed by atoms with Gasteiger partial charge in [-0.1, -0.05) is 171 Å². The Bertz CT molecular complexity index is 1230. The molecule has 0 unspecified atom stereocenters. The monoisotopic (exact) mass is 761 g/mol. The summed E-state index contributed by atoms with van der Waals surface area (Å²) in [4.78, 5) is 12.5. The van der Waals surface area contributed by atoms with Crippen molar-refractivity contribution in [1.82, 2.24) is 10.6 Å². The fourth-order valence-corrected chi connectivity index (χ4v) is 5.38. The maximum absolute atomic E-state index is 11.9. The van der Waals surface area contributed by atoms with Crippen LogP contribution in [0.1, 0.15) is 6.42 Å². The molecule has 0 radical (unpaired) electrons. The van der Waals surface area contributed by atoms with E-state index in [4.69, 9.17) is 177 Å². The smallest absolute Gasteiger partial charge is 0.221 e. The minimum atomic E-state index is -0.220. The Morgan fingerprint density at radius 1 is 0.579 bits per heavy atom. The third-order valence-corrected chi connectivity index (χ3v) is 11.1. The summed E-state index contributed by atoms with van der Waals surface area (Å²) in [5, 5.41) is 6.89. The Balaban J connectivity index is 5.20. The molecule has 0 bridgehead atoms. The van der Waals surface area contributed by atoms with Gasteiger partial charge in [0.25, 0.3) is 0 Å². The predicted octanol–water partition coefficient (Wildman–Crippen LogP) is 3.85. The SMILES string of the molecule is NCCNCCC(=O)NCC(=S)C(=S)C(=S)C(=S)C(=S)C(=S)C(=S)C(=S)C(=S)C(=S)C(=S)C(=S)C(=S)C=S. The minimum Gasteiger partial charge on any atom is -0.351 e. The lowest BCUT2D eigenvalue weighted by Gasteiger charge is -2.14. The Kier molecular flexibility index (Phi) is 20.1. The van der Waals surface area contributed by atoms with Crippen molar-refractivity contribution in [2.24, 2.45) is 5.73 Å². The molecular weight excluding hydrogens is 747 g/mol. The molecule has 1 amide bonds. The molecule has 0 atom stereocenters. The van der Waals surface area contributed by atoms with Gasteiger partial charge < -0.3 is 16.4 Å². The van der Waals surface area contributed by atoms with Gasteiger partial charge in [-0.2, -0.15) is 0 Å². The largest absolute Gasteiger partial charge is 0.351 e. The van der Waals surface area contributed by atoms with Crippen molar-refractivity contribution in [2.75, 3.05) is 26.2 Å². The van der Waals surface area contributed by atoms with Gasteiger partial charge in [-0.3, -0.25) is 4.79 Å². The van der Waals surface area contributed by atoms with Crippen LogP contribution in [0.2, 0.25) is 0 Å². The predicted molar refractivity (Wildman–Crippen MR) is 217 cm³/mol. The highest BCUT2D eigenvalue weighted by molar-refractivity contribution is 8.07. The summed E-state index contributed by atoms with van der Waals surface area (Å²) in [5.74, 6) is -0.220. The first-order chi connectivity index (χ1) is 17.6. The molecule has 0 aromatic heterocycles. The van der Waals surface area contributed by atoms with E-state index in [-0.39, 0.29) is 82.1 Å². The Morgan fingerprint density at radius 2 is 0.947 bits per heavy atom. The van der Waals surface area contributed by atoms with E-state index in [2.05, 4.69) is 10.6 Å². The Hall–Kier alpha value is 0.650. The molecule has 4 nitrogen and oxygen atoms in total. The lowest BCUT2D eigenvalue weighted by molar-refractivity contribution is -0.120. The van der Waals surface area contributed by atoms with Gasteiger partial charge in [-0.05, 0) is 0 Å². The highest BCUT2D eigenvalue weighted by Crippen LogP contribution is 2.06. The molecule has 0 heterocycles. The average Bonchev–Trinajstić information content (AvgIpc) is 2.92. The molecule has 38 heavy (non-hydrogen) atoms. The van der Waals surface area contributed by atoms with E-state index in [1.54, 1.807) is 0 Å². The van der Waals surface area contributed by atoms with Crippen molar-refractivity contribution in [1.29, 1.82) is 0 Å². The van der Waals surface area contributed by atoms with E-state index in [0.717, 1.165) is 0 Å². The number of hydrogen-bond donors (Lipinski definition) is 3. The van der Waals surface area contributed by atoms with Gasteiger partial charge in [0.05, 0.1) is 69.8 Å². The topological polar surface area (TPSA) is 67.1 Å². The van der Waals surface area contributed by atoms with Crippen LogP contribution in [-0.2, 0) is 4.79 Å². The first-order valence-corrected chi connectivity index (χ1v) is 15.6. The van der Waals surface area contributed by atoms with Crippen LogP contribution in [0.4, 0.5) is 0 Å². The second-order valence-corrected chi connectivity index (χ2v) is 12.3. The molecule has 0 aromatic rings. The molecule has 0 aromatic carbocycles. The molecule has 0 aliphatic rings. The number of nitrogens with two attached hydrogens (primary N) is 1. The number of thiocarbonyl (C=S) groups is 14. The average molecular weight is 762 g/mol. The van der Waals surface area contributed by atoms with Crippen molar-refractivity contribution < 1.29 is 4.79 Å². The fourth-order valence-electron chi connectivity index (χ4n) is 2.00. The number of carbonyl (C=O) groups excluding carboxylic acids is 1. The maximum atomic E-state index is 11.9. The maximum Gasteiger partial charge on any atom is 0.221 e.